The number of allylic oxidation sites excluding steroid dienone is 1. The molecular weight excluding hydrogens is 582 g/mol. The standard InChI is InChI=1S/C33H35N3O7S/c1-5-17-35-18-16-23(28(35)37)19-24-20-44(41)30-25(34-32(40)43-33(2,3)4)29(38)36(30)26(24)31(39)42-27(21-12-8-6-9-13-21)22-14-10-7-11-15-22/h5-15,19,25,27,30H,1,16-18,20H2,2-4H3,(H,34,40)/t25-,30-,44+/m1/s1. The summed E-state index contributed by atoms with van der Waals surface area (Å²) in [4.78, 5) is 56.0. The van der Waals surface area contributed by atoms with Crippen LogP contribution in [0.2, 0.25) is 0 Å². The van der Waals surface area contributed by atoms with Crippen LogP contribution in [0.1, 0.15) is 44.4 Å². The third-order valence-electron chi connectivity index (χ3n) is 7.36. The number of fused-ring (bicyclic) bond motifs is 1. The Balaban J connectivity index is 1.53. The van der Waals surface area contributed by atoms with Crippen LogP contribution in [-0.4, -0.2) is 73.7 Å². The van der Waals surface area contributed by atoms with Gasteiger partial charge in [0.2, 0.25) is 5.91 Å². The molecule has 0 radical (unpaired) electrons. The van der Waals surface area contributed by atoms with E-state index in [4.69, 9.17) is 9.47 Å². The van der Waals surface area contributed by atoms with E-state index in [0.29, 0.717) is 36.2 Å². The van der Waals surface area contributed by atoms with Gasteiger partial charge in [-0.2, -0.15) is 0 Å². The van der Waals surface area contributed by atoms with E-state index in [1.54, 1.807) is 37.8 Å². The third kappa shape index (κ3) is 6.37. The summed E-state index contributed by atoms with van der Waals surface area (Å²) in [6.07, 6.45) is 1.97. The Morgan fingerprint density at radius 3 is 2.25 bits per heavy atom. The van der Waals surface area contributed by atoms with Crippen LogP contribution in [0.3, 0.4) is 0 Å². The molecule has 3 aliphatic heterocycles. The SMILES string of the molecule is C=CCN1CCC(=CC2=C(C(=O)OC(c3ccccc3)c3ccccc3)N3C(=O)[C@@H](NC(=O)OC(C)(C)C)[C@H]3[S@@](=O)C2)C1=O. The Bertz CT molecular complexity index is 1520. The van der Waals surface area contributed by atoms with Crippen molar-refractivity contribution in [2.45, 2.75) is 50.3 Å². The highest BCUT2D eigenvalue weighted by molar-refractivity contribution is 7.86. The van der Waals surface area contributed by atoms with Crippen LogP contribution in [0.4, 0.5) is 4.79 Å². The summed E-state index contributed by atoms with van der Waals surface area (Å²) in [5.41, 5.74) is 1.22. The average molecular weight is 618 g/mol. The second-order valence-electron chi connectivity index (χ2n) is 11.7. The molecule has 3 amide bonds. The highest BCUT2D eigenvalue weighted by atomic mass is 32.2. The number of ether oxygens (including phenoxy) is 2. The number of likely N-dealkylation sites (tertiary alicyclic amines) is 1. The number of hydrogen-bond acceptors (Lipinski definition) is 7. The van der Waals surface area contributed by atoms with Crippen LogP contribution in [0.15, 0.2) is 96.2 Å². The lowest BCUT2D eigenvalue weighted by Gasteiger charge is -2.49. The van der Waals surface area contributed by atoms with Crippen LogP contribution in [0.25, 0.3) is 0 Å². The lowest BCUT2D eigenvalue weighted by Crippen LogP contribution is -2.73. The maximum absolute atomic E-state index is 14.1. The number of alkyl carbamates (subject to hydrolysis) is 1. The van der Waals surface area contributed by atoms with Crippen molar-refractivity contribution in [2.24, 2.45) is 0 Å². The molecule has 0 saturated carbocycles. The van der Waals surface area contributed by atoms with Crippen LogP contribution in [0.5, 0.6) is 0 Å². The lowest BCUT2D eigenvalue weighted by molar-refractivity contribution is -0.153. The lowest BCUT2D eigenvalue weighted by atomic mass is 10.00. The van der Waals surface area contributed by atoms with Gasteiger partial charge in [-0.05, 0) is 50.0 Å². The summed E-state index contributed by atoms with van der Waals surface area (Å²) in [7, 11) is -1.71. The number of amides is 3. The Morgan fingerprint density at radius 2 is 1.68 bits per heavy atom. The van der Waals surface area contributed by atoms with Crippen molar-refractivity contribution in [3.8, 4) is 0 Å². The van der Waals surface area contributed by atoms with Gasteiger partial charge >= 0.3 is 12.1 Å². The number of rotatable bonds is 8. The summed E-state index contributed by atoms with van der Waals surface area (Å²) in [5.74, 6) is -1.78. The van der Waals surface area contributed by atoms with Gasteiger partial charge in [0.25, 0.3) is 5.91 Å². The number of carbonyl (C=O) groups excluding carboxylic acids is 4. The van der Waals surface area contributed by atoms with Crippen LogP contribution >= 0.6 is 0 Å². The van der Waals surface area contributed by atoms with Gasteiger partial charge in [0.1, 0.15) is 22.7 Å². The number of nitrogens with zero attached hydrogens (tertiary/aromatic N) is 2. The fourth-order valence-corrected chi connectivity index (χ4v) is 7.06. The van der Waals surface area contributed by atoms with E-state index < -0.39 is 51.9 Å². The van der Waals surface area contributed by atoms with Gasteiger partial charge in [-0.3, -0.25) is 18.7 Å². The minimum absolute atomic E-state index is 0.0961. The van der Waals surface area contributed by atoms with E-state index in [1.807, 2.05) is 60.7 Å². The number of carbonyl (C=O) groups is 4. The van der Waals surface area contributed by atoms with Crippen LogP contribution < -0.4 is 5.32 Å². The van der Waals surface area contributed by atoms with Gasteiger partial charge in [-0.15, -0.1) is 6.58 Å². The van der Waals surface area contributed by atoms with Gasteiger partial charge in [0, 0.05) is 18.7 Å². The summed E-state index contributed by atoms with van der Waals surface area (Å²) < 4.78 is 25.0. The topological polar surface area (TPSA) is 122 Å². The van der Waals surface area contributed by atoms with Crippen LogP contribution in [0, 0.1) is 0 Å². The minimum Gasteiger partial charge on any atom is -0.448 e. The van der Waals surface area contributed by atoms with E-state index in [9.17, 15) is 23.4 Å². The second-order valence-corrected chi connectivity index (χ2v) is 13.2. The maximum Gasteiger partial charge on any atom is 0.408 e. The smallest absolute Gasteiger partial charge is 0.408 e. The van der Waals surface area contributed by atoms with Crippen molar-refractivity contribution < 1.29 is 32.9 Å². The van der Waals surface area contributed by atoms with Crippen molar-refractivity contribution in [3.63, 3.8) is 0 Å². The molecule has 44 heavy (non-hydrogen) atoms. The monoisotopic (exact) mass is 617 g/mol. The molecule has 0 bridgehead atoms. The number of benzene rings is 2. The van der Waals surface area contributed by atoms with E-state index in [0.717, 1.165) is 4.90 Å². The van der Waals surface area contributed by atoms with Gasteiger partial charge in [-0.1, -0.05) is 66.7 Å². The Labute approximate surface area is 258 Å². The fourth-order valence-electron chi connectivity index (χ4n) is 5.43. The van der Waals surface area contributed by atoms with Crippen LogP contribution in [-0.2, 0) is 34.7 Å². The Hall–Kier alpha value is -4.51. The average Bonchev–Trinajstić information content (AvgIpc) is 3.32. The molecule has 0 spiro atoms. The minimum atomic E-state index is -1.71. The number of nitrogens with one attached hydrogen (secondary N) is 1. The first-order chi connectivity index (χ1) is 21.0. The molecule has 10 nitrogen and oxygen atoms in total. The number of β-lactam (4-membered cyclic amide) rings is 1. The van der Waals surface area contributed by atoms with Gasteiger partial charge < -0.3 is 19.7 Å². The predicted octanol–water partition coefficient (Wildman–Crippen LogP) is 3.74. The summed E-state index contributed by atoms with van der Waals surface area (Å²) >= 11 is 0. The summed E-state index contributed by atoms with van der Waals surface area (Å²) in [6, 6.07) is 17.2. The number of hydrogen-bond donors (Lipinski definition) is 1. The van der Waals surface area contributed by atoms with Crippen molar-refractivity contribution >= 4 is 34.7 Å². The van der Waals surface area contributed by atoms with E-state index in [-0.39, 0.29) is 22.9 Å². The zero-order chi connectivity index (χ0) is 31.6. The first-order valence-corrected chi connectivity index (χ1v) is 15.7. The largest absolute Gasteiger partial charge is 0.448 e. The molecule has 0 aromatic heterocycles. The molecule has 2 saturated heterocycles. The van der Waals surface area contributed by atoms with Gasteiger partial charge in [0.05, 0.1) is 16.6 Å². The summed E-state index contributed by atoms with van der Waals surface area (Å²) in [6.45, 7) is 9.61. The predicted molar refractivity (Wildman–Crippen MR) is 164 cm³/mol. The molecule has 11 heteroatoms. The maximum atomic E-state index is 14.1. The molecule has 230 valence electrons. The molecule has 0 aliphatic carbocycles. The van der Waals surface area contributed by atoms with E-state index in [1.165, 1.54) is 0 Å². The summed E-state index contributed by atoms with van der Waals surface area (Å²) in [5, 5.41) is 1.50. The second kappa shape index (κ2) is 12.6. The molecule has 1 N–H and O–H groups in total. The third-order valence-corrected chi connectivity index (χ3v) is 8.98. The van der Waals surface area contributed by atoms with Crippen molar-refractivity contribution in [2.75, 3.05) is 18.8 Å². The highest BCUT2D eigenvalue weighted by Crippen LogP contribution is 2.38. The molecule has 3 aliphatic rings. The zero-order valence-electron chi connectivity index (χ0n) is 24.9. The molecule has 2 aromatic rings. The molecular formula is C33H35N3O7S. The molecule has 2 fully saturated rings. The van der Waals surface area contributed by atoms with E-state index >= 15 is 0 Å². The van der Waals surface area contributed by atoms with Gasteiger partial charge in [-0.25, -0.2) is 9.59 Å². The molecule has 0 unspecified atom stereocenters. The molecule has 2 aromatic carbocycles. The quantitative estimate of drug-likeness (QED) is 0.207. The normalized spacial score (nSPS) is 22.5. The van der Waals surface area contributed by atoms with Crippen molar-refractivity contribution in [1.82, 2.24) is 15.1 Å². The molecule has 5 rings (SSSR count). The van der Waals surface area contributed by atoms with E-state index in [2.05, 4.69) is 11.9 Å². The Kier molecular flexibility index (Phi) is 8.87. The first-order valence-electron chi connectivity index (χ1n) is 14.3. The Morgan fingerprint density at radius 1 is 1.07 bits per heavy atom. The number of esters is 1. The van der Waals surface area contributed by atoms with Gasteiger partial charge in [0.15, 0.2) is 6.10 Å². The zero-order valence-corrected chi connectivity index (χ0v) is 25.7. The molecule has 3 atom stereocenters. The molecule has 3 heterocycles. The van der Waals surface area contributed by atoms with Crippen molar-refractivity contribution in [3.05, 3.63) is 107 Å². The van der Waals surface area contributed by atoms with Crippen molar-refractivity contribution in [1.29, 1.82) is 0 Å². The highest BCUT2D eigenvalue weighted by Gasteiger charge is 2.57. The fraction of sp³-hybridized carbons (Fsp3) is 0.333. The first kappa shape index (κ1) is 30.9.